The third-order valence-corrected chi connectivity index (χ3v) is 3.06. The Morgan fingerprint density at radius 2 is 2.20 bits per heavy atom. The van der Waals surface area contributed by atoms with Gasteiger partial charge in [-0.1, -0.05) is 13.0 Å². The minimum absolute atomic E-state index is 0.194. The molecule has 20 heavy (non-hydrogen) atoms. The second kappa shape index (κ2) is 6.38. The number of halogens is 1. The van der Waals surface area contributed by atoms with Crippen molar-refractivity contribution in [3.63, 3.8) is 0 Å². The lowest BCUT2D eigenvalue weighted by Crippen LogP contribution is -2.26. The minimum Gasteiger partial charge on any atom is -0.386 e. The summed E-state index contributed by atoms with van der Waals surface area (Å²) < 4.78 is 14.1. The monoisotopic (exact) mass is 276 g/mol. The summed E-state index contributed by atoms with van der Waals surface area (Å²) in [5.41, 5.74) is 1.06. The van der Waals surface area contributed by atoms with Gasteiger partial charge in [0.1, 0.15) is 6.33 Å². The van der Waals surface area contributed by atoms with Gasteiger partial charge in [0.25, 0.3) is 0 Å². The van der Waals surface area contributed by atoms with Crippen molar-refractivity contribution in [1.82, 2.24) is 15.0 Å². The first-order valence-electron chi connectivity index (χ1n) is 6.42. The molecule has 0 bridgehead atoms. The Morgan fingerprint density at radius 1 is 1.40 bits per heavy atom. The summed E-state index contributed by atoms with van der Waals surface area (Å²) in [5.74, 6) is -0.240. The third-order valence-electron chi connectivity index (χ3n) is 3.06. The van der Waals surface area contributed by atoms with Crippen molar-refractivity contribution in [1.29, 1.82) is 0 Å². The molecule has 1 atom stereocenters. The number of hydrogen-bond acceptors (Lipinski definition) is 5. The zero-order valence-electron chi connectivity index (χ0n) is 11.5. The molecule has 2 aromatic heterocycles. The summed E-state index contributed by atoms with van der Waals surface area (Å²) >= 11 is 0. The fraction of sp³-hybridized carbons (Fsp3) is 0.357. The lowest BCUT2D eigenvalue weighted by molar-refractivity contribution is 0.184. The number of likely N-dealkylation sites (N-methyl/N-ethyl adjacent to an activating group) is 1. The van der Waals surface area contributed by atoms with E-state index in [0.29, 0.717) is 17.7 Å². The van der Waals surface area contributed by atoms with E-state index in [-0.39, 0.29) is 12.4 Å². The quantitative estimate of drug-likeness (QED) is 0.901. The summed E-state index contributed by atoms with van der Waals surface area (Å²) in [6.45, 7) is 2.06. The second-order valence-corrected chi connectivity index (χ2v) is 4.49. The highest BCUT2D eigenvalue weighted by Gasteiger charge is 2.17. The number of aryl methyl sites for hydroxylation is 1. The summed E-state index contributed by atoms with van der Waals surface area (Å²) in [7, 11) is 1.68. The van der Waals surface area contributed by atoms with Crippen molar-refractivity contribution >= 4 is 5.82 Å². The summed E-state index contributed by atoms with van der Waals surface area (Å²) in [6, 6.07) is 3.53. The lowest BCUT2D eigenvalue weighted by Gasteiger charge is -2.22. The molecule has 0 spiro atoms. The maximum atomic E-state index is 14.1. The topological polar surface area (TPSA) is 62.1 Å². The molecule has 0 aromatic carbocycles. The van der Waals surface area contributed by atoms with Gasteiger partial charge in [-0.3, -0.25) is 4.98 Å². The molecule has 0 aliphatic carbocycles. The van der Waals surface area contributed by atoms with E-state index >= 15 is 0 Å². The first-order chi connectivity index (χ1) is 9.63. The fourth-order valence-electron chi connectivity index (χ4n) is 1.93. The Morgan fingerprint density at radius 3 is 2.85 bits per heavy atom. The number of pyridine rings is 1. The molecule has 6 heteroatoms. The van der Waals surface area contributed by atoms with E-state index in [9.17, 15) is 9.50 Å². The molecule has 1 unspecified atom stereocenters. The lowest BCUT2D eigenvalue weighted by atomic mass is 10.1. The molecule has 0 aliphatic rings. The van der Waals surface area contributed by atoms with Crippen molar-refractivity contribution in [3.8, 4) is 0 Å². The Kier molecular flexibility index (Phi) is 4.57. The predicted octanol–water partition coefficient (Wildman–Crippen LogP) is 1.74. The number of hydrogen-bond donors (Lipinski definition) is 1. The van der Waals surface area contributed by atoms with Crippen LogP contribution in [0.3, 0.4) is 0 Å². The van der Waals surface area contributed by atoms with Gasteiger partial charge in [0.05, 0.1) is 11.8 Å². The van der Waals surface area contributed by atoms with Crippen molar-refractivity contribution in [2.75, 3.05) is 18.5 Å². The fourth-order valence-corrected chi connectivity index (χ4v) is 1.93. The predicted molar refractivity (Wildman–Crippen MR) is 73.8 cm³/mol. The van der Waals surface area contributed by atoms with Gasteiger partial charge in [0, 0.05) is 31.5 Å². The Hall–Kier alpha value is -2.08. The van der Waals surface area contributed by atoms with Crippen molar-refractivity contribution in [3.05, 3.63) is 47.9 Å². The highest BCUT2D eigenvalue weighted by atomic mass is 19.1. The minimum atomic E-state index is -0.756. The number of aliphatic hydroxyl groups is 1. The smallest absolute Gasteiger partial charge is 0.187 e. The molecule has 2 heterocycles. The van der Waals surface area contributed by atoms with Crippen LogP contribution < -0.4 is 4.90 Å². The van der Waals surface area contributed by atoms with Crippen LogP contribution in [-0.2, 0) is 6.42 Å². The number of nitrogens with zero attached hydrogens (tertiary/aromatic N) is 4. The largest absolute Gasteiger partial charge is 0.386 e. The van der Waals surface area contributed by atoms with Gasteiger partial charge in [-0.05, 0) is 12.5 Å². The average Bonchev–Trinajstić information content (AvgIpc) is 2.48. The van der Waals surface area contributed by atoms with E-state index in [1.165, 1.54) is 6.33 Å². The van der Waals surface area contributed by atoms with Gasteiger partial charge in [-0.2, -0.15) is 0 Å². The van der Waals surface area contributed by atoms with Gasteiger partial charge >= 0.3 is 0 Å². The molecule has 0 amide bonds. The summed E-state index contributed by atoms with van der Waals surface area (Å²) in [4.78, 5) is 13.4. The molecule has 2 rings (SSSR count). The molecule has 106 valence electrons. The van der Waals surface area contributed by atoms with Crippen LogP contribution in [0.15, 0.2) is 30.9 Å². The molecule has 0 fully saturated rings. The summed E-state index contributed by atoms with van der Waals surface area (Å²) in [6.07, 6.45) is 4.31. The highest BCUT2D eigenvalue weighted by Crippen LogP contribution is 2.20. The number of anilines is 1. The van der Waals surface area contributed by atoms with E-state index in [1.54, 1.807) is 36.5 Å². The molecule has 2 aromatic rings. The van der Waals surface area contributed by atoms with E-state index in [2.05, 4.69) is 15.0 Å². The van der Waals surface area contributed by atoms with Crippen molar-refractivity contribution in [2.45, 2.75) is 19.4 Å². The van der Waals surface area contributed by atoms with Gasteiger partial charge < -0.3 is 10.0 Å². The third kappa shape index (κ3) is 3.08. The molecular formula is C14H17FN4O. The van der Waals surface area contributed by atoms with Gasteiger partial charge in [0.2, 0.25) is 0 Å². The van der Waals surface area contributed by atoms with Crippen LogP contribution in [0.1, 0.15) is 24.3 Å². The number of aliphatic hydroxyl groups excluding tert-OH is 1. The number of aromatic nitrogens is 3. The van der Waals surface area contributed by atoms with Crippen LogP contribution in [0, 0.1) is 5.82 Å². The van der Waals surface area contributed by atoms with Crippen LogP contribution in [0.5, 0.6) is 0 Å². The average molecular weight is 276 g/mol. The van der Waals surface area contributed by atoms with Crippen LogP contribution in [-0.4, -0.2) is 33.7 Å². The Bertz CT molecular complexity index is 564. The van der Waals surface area contributed by atoms with E-state index in [4.69, 9.17) is 0 Å². The van der Waals surface area contributed by atoms with Gasteiger partial charge in [-0.15, -0.1) is 0 Å². The van der Waals surface area contributed by atoms with Crippen LogP contribution >= 0.6 is 0 Å². The van der Waals surface area contributed by atoms with Crippen LogP contribution in [0.2, 0.25) is 0 Å². The zero-order valence-corrected chi connectivity index (χ0v) is 11.5. The standard InChI is InChI=1S/C14H17FN4O/c1-3-11-13(15)14(18-9-17-11)19(2)8-12(20)10-5-4-6-16-7-10/h4-7,9,12,20H,3,8H2,1-2H3. The summed E-state index contributed by atoms with van der Waals surface area (Å²) in [5, 5.41) is 10.1. The normalized spacial score (nSPS) is 12.2. The molecule has 5 nitrogen and oxygen atoms in total. The first-order valence-corrected chi connectivity index (χ1v) is 6.42. The highest BCUT2D eigenvalue weighted by molar-refractivity contribution is 5.40. The van der Waals surface area contributed by atoms with Crippen molar-refractivity contribution < 1.29 is 9.50 Å². The molecule has 0 aliphatic heterocycles. The molecule has 0 saturated carbocycles. The molecule has 0 saturated heterocycles. The maximum Gasteiger partial charge on any atom is 0.187 e. The van der Waals surface area contributed by atoms with Crippen LogP contribution in [0.4, 0.5) is 10.2 Å². The van der Waals surface area contributed by atoms with E-state index in [0.717, 1.165) is 0 Å². The zero-order chi connectivity index (χ0) is 14.5. The van der Waals surface area contributed by atoms with Crippen molar-refractivity contribution in [2.24, 2.45) is 0 Å². The SMILES string of the molecule is CCc1ncnc(N(C)CC(O)c2cccnc2)c1F. The van der Waals surface area contributed by atoms with Gasteiger partial charge in [-0.25, -0.2) is 14.4 Å². The molecular weight excluding hydrogens is 259 g/mol. The Balaban J connectivity index is 2.14. The van der Waals surface area contributed by atoms with E-state index < -0.39 is 11.9 Å². The number of rotatable bonds is 5. The molecule has 0 radical (unpaired) electrons. The van der Waals surface area contributed by atoms with E-state index in [1.807, 2.05) is 6.92 Å². The second-order valence-electron chi connectivity index (χ2n) is 4.49. The van der Waals surface area contributed by atoms with Gasteiger partial charge in [0.15, 0.2) is 11.6 Å². The van der Waals surface area contributed by atoms with Crippen LogP contribution in [0.25, 0.3) is 0 Å². The first kappa shape index (κ1) is 14.3. The molecule has 1 N–H and O–H groups in total. The maximum absolute atomic E-state index is 14.1. The Labute approximate surface area is 117 Å².